The highest BCUT2D eigenvalue weighted by Gasteiger charge is 2.49. The summed E-state index contributed by atoms with van der Waals surface area (Å²) in [6.45, 7) is 1.79. The summed E-state index contributed by atoms with van der Waals surface area (Å²) in [5.41, 5.74) is 0.616. The lowest BCUT2D eigenvalue weighted by molar-refractivity contribution is -0.131. The van der Waals surface area contributed by atoms with Gasteiger partial charge in [0.1, 0.15) is 5.54 Å². The highest BCUT2D eigenvalue weighted by Crippen LogP contribution is 2.34. The standard InChI is InChI=1S/C23H20N2O4/c1-23(19-12-6-9-16-8-3-4-11-18(16)19)21(27)25(22(28)24-23)14-15-7-5-10-17(13-15)20(26)29-2/h3-13H,14H2,1-2H3,(H,24,28). The third kappa shape index (κ3) is 3.12. The van der Waals surface area contributed by atoms with Crippen LogP contribution in [0.1, 0.15) is 28.4 Å². The summed E-state index contributed by atoms with van der Waals surface area (Å²) in [6, 6.07) is 19.7. The fourth-order valence-electron chi connectivity index (χ4n) is 3.78. The predicted octanol–water partition coefficient (Wildman–Crippen LogP) is 3.59. The Labute approximate surface area is 168 Å². The van der Waals surface area contributed by atoms with Crippen molar-refractivity contribution in [2.24, 2.45) is 0 Å². The van der Waals surface area contributed by atoms with Crippen molar-refractivity contribution in [1.82, 2.24) is 10.2 Å². The van der Waals surface area contributed by atoms with E-state index >= 15 is 0 Å². The Morgan fingerprint density at radius 3 is 2.55 bits per heavy atom. The number of urea groups is 1. The van der Waals surface area contributed by atoms with Gasteiger partial charge in [0, 0.05) is 0 Å². The molecule has 4 rings (SSSR count). The minimum Gasteiger partial charge on any atom is -0.465 e. The van der Waals surface area contributed by atoms with E-state index in [1.165, 1.54) is 12.0 Å². The minimum atomic E-state index is -1.17. The van der Waals surface area contributed by atoms with E-state index in [9.17, 15) is 14.4 Å². The first kappa shape index (κ1) is 18.7. The van der Waals surface area contributed by atoms with Crippen LogP contribution in [0.4, 0.5) is 4.79 Å². The van der Waals surface area contributed by atoms with Crippen LogP contribution >= 0.6 is 0 Å². The molecule has 146 valence electrons. The van der Waals surface area contributed by atoms with E-state index in [-0.39, 0.29) is 12.5 Å². The lowest BCUT2D eigenvalue weighted by Gasteiger charge is -2.24. The highest BCUT2D eigenvalue weighted by atomic mass is 16.5. The van der Waals surface area contributed by atoms with E-state index in [1.54, 1.807) is 31.2 Å². The number of imide groups is 1. The topological polar surface area (TPSA) is 75.7 Å². The van der Waals surface area contributed by atoms with Gasteiger partial charge < -0.3 is 10.1 Å². The number of ether oxygens (including phenoxy) is 1. The Balaban J connectivity index is 1.68. The van der Waals surface area contributed by atoms with Crippen molar-refractivity contribution in [2.45, 2.75) is 19.0 Å². The van der Waals surface area contributed by atoms with Crippen molar-refractivity contribution in [2.75, 3.05) is 7.11 Å². The van der Waals surface area contributed by atoms with Gasteiger partial charge in [0.2, 0.25) is 0 Å². The predicted molar refractivity (Wildman–Crippen MR) is 108 cm³/mol. The average molecular weight is 388 g/mol. The van der Waals surface area contributed by atoms with Crippen LogP contribution < -0.4 is 5.32 Å². The molecule has 0 radical (unpaired) electrons. The van der Waals surface area contributed by atoms with Gasteiger partial charge in [0.25, 0.3) is 5.91 Å². The normalized spacial score (nSPS) is 18.8. The van der Waals surface area contributed by atoms with Gasteiger partial charge in [-0.25, -0.2) is 9.59 Å². The van der Waals surface area contributed by atoms with Gasteiger partial charge in [-0.3, -0.25) is 9.69 Å². The number of carbonyl (C=O) groups is 3. The maximum Gasteiger partial charge on any atom is 0.337 e. The highest BCUT2D eigenvalue weighted by molar-refractivity contribution is 6.09. The first-order valence-electron chi connectivity index (χ1n) is 9.23. The summed E-state index contributed by atoms with van der Waals surface area (Å²) in [6.07, 6.45) is 0. The number of amides is 3. The molecule has 0 saturated carbocycles. The molecule has 1 aliphatic rings. The first-order valence-corrected chi connectivity index (χ1v) is 9.23. The van der Waals surface area contributed by atoms with Gasteiger partial charge in [0.05, 0.1) is 19.2 Å². The summed E-state index contributed by atoms with van der Waals surface area (Å²) in [7, 11) is 1.31. The summed E-state index contributed by atoms with van der Waals surface area (Å²) in [5.74, 6) is -0.799. The average Bonchev–Trinajstić information content (AvgIpc) is 2.96. The molecule has 1 N–H and O–H groups in total. The number of carbonyl (C=O) groups excluding carboxylic acids is 3. The molecule has 29 heavy (non-hydrogen) atoms. The van der Waals surface area contributed by atoms with Crippen molar-refractivity contribution in [3.63, 3.8) is 0 Å². The first-order chi connectivity index (χ1) is 13.9. The number of nitrogens with one attached hydrogen (secondary N) is 1. The molecule has 3 aromatic carbocycles. The van der Waals surface area contributed by atoms with E-state index in [1.807, 2.05) is 42.5 Å². The summed E-state index contributed by atoms with van der Waals surface area (Å²) < 4.78 is 4.74. The molecule has 3 aromatic rings. The number of nitrogens with zero attached hydrogens (tertiary/aromatic N) is 1. The van der Waals surface area contributed by atoms with Crippen LogP contribution in [0.5, 0.6) is 0 Å². The monoisotopic (exact) mass is 388 g/mol. The van der Waals surface area contributed by atoms with Crippen LogP contribution in [0.15, 0.2) is 66.7 Å². The third-order valence-electron chi connectivity index (χ3n) is 5.29. The molecule has 1 atom stereocenters. The molecule has 1 unspecified atom stereocenters. The molecule has 1 aliphatic heterocycles. The van der Waals surface area contributed by atoms with Crippen LogP contribution in [0.2, 0.25) is 0 Å². The van der Waals surface area contributed by atoms with Crippen LogP contribution in [-0.4, -0.2) is 29.9 Å². The van der Waals surface area contributed by atoms with E-state index in [4.69, 9.17) is 4.74 Å². The molecule has 6 nitrogen and oxygen atoms in total. The van der Waals surface area contributed by atoms with Crippen LogP contribution in [0, 0.1) is 0 Å². The minimum absolute atomic E-state index is 0.0653. The number of benzene rings is 3. The fourth-order valence-corrected chi connectivity index (χ4v) is 3.78. The number of fused-ring (bicyclic) bond motifs is 1. The second kappa shape index (κ2) is 7.05. The van der Waals surface area contributed by atoms with Gasteiger partial charge in [0.15, 0.2) is 0 Å². The lowest BCUT2D eigenvalue weighted by Crippen LogP contribution is -2.41. The third-order valence-corrected chi connectivity index (χ3v) is 5.29. The molecule has 6 heteroatoms. The number of hydrogen-bond donors (Lipinski definition) is 1. The van der Waals surface area contributed by atoms with Crippen molar-refractivity contribution in [3.8, 4) is 0 Å². The fraction of sp³-hybridized carbons (Fsp3) is 0.174. The molecule has 1 saturated heterocycles. The molecule has 0 bridgehead atoms. The number of rotatable bonds is 4. The molecule has 1 heterocycles. The Morgan fingerprint density at radius 1 is 1.03 bits per heavy atom. The largest absolute Gasteiger partial charge is 0.465 e. The van der Waals surface area contributed by atoms with Crippen LogP contribution in [0.3, 0.4) is 0 Å². The zero-order valence-electron chi connectivity index (χ0n) is 16.1. The van der Waals surface area contributed by atoms with Gasteiger partial charge >= 0.3 is 12.0 Å². The van der Waals surface area contributed by atoms with Crippen LogP contribution in [0.25, 0.3) is 10.8 Å². The summed E-state index contributed by atoms with van der Waals surface area (Å²) >= 11 is 0. The smallest absolute Gasteiger partial charge is 0.337 e. The molecular formula is C23H20N2O4. The maximum atomic E-state index is 13.3. The lowest BCUT2D eigenvalue weighted by atomic mass is 9.88. The molecule has 0 spiro atoms. The quantitative estimate of drug-likeness (QED) is 0.547. The van der Waals surface area contributed by atoms with E-state index in [2.05, 4.69) is 5.32 Å². The van der Waals surface area contributed by atoms with Gasteiger partial charge in [-0.05, 0) is 41.0 Å². The second-order valence-electron chi connectivity index (χ2n) is 7.17. The van der Waals surface area contributed by atoms with Crippen molar-refractivity contribution >= 4 is 28.7 Å². The summed E-state index contributed by atoms with van der Waals surface area (Å²) in [5, 5.41) is 4.77. The molecule has 0 aromatic heterocycles. The Hall–Kier alpha value is -3.67. The van der Waals surface area contributed by atoms with Crippen LogP contribution in [-0.2, 0) is 21.6 Å². The Kier molecular flexibility index (Phi) is 4.54. The number of hydrogen-bond acceptors (Lipinski definition) is 4. The van der Waals surface area contributed by atoms with Crippen molar-refractivity contribution in [1.29, 1.82) is 0 Å². The molecule has 1 fully saturated rings. The molecule has 0 aliphatic carbocycles. The number of methoxy groups -OCH3 is 1. The second-order valence-corrected chi connectivity index (χ2v) is 7.17. The van der Waals surface area contributed by atoms with E-state index in [0.29, 0.717) is 11.1 Å². The zero-order chi connectivity index (χ0) is 20.6. The van der Waals surface area contributed by atoms with E-state index < -0.39 is 17.5 Å². The van der Waals surface area contributed by atoms with Crippen molar-refractivity contribution < 1.29 is 19.1 Å². The number of esters is 1. The molecular weight excluding hydrogens is 368 g/mol. The SMILES string of the molecule is COC(=O)c1cccc(CN2C(=O)NC(C)(c3cccc4ccccc34)C2=O)c1. The van der Waals surface area contributed by atoms with Crippen molar-refractivity contribution in [3.05, 3.63) is 83.4 Å². The Bertz CT molecular complexity index is 1140. The van der Waals surface area contributed by atoms with Gasteiger partial charge in [-0.1, -0.05) is 54.6 Å². The maximum absolute atomic E-state index is 13.3. The van der Waals surface area contributed by atoms with Gasteiger partial charge in [-0.2, -0.15) is 0 Å². The zero-order valence-corrected chi connectivity index (χ0v) is 16.1. The summed E-state index contributed by atoms with van der Waals surface area (Å²) in [4.78, 5) is 38.9. The molecule has 3 amide bonds. The Morgan fingerprint density at radius 2 is 1.76 bits per heavy atom. The van der Waals surface area contributed by atoms with E-state index in [0.717, 1.165) is 16.3 Å². The van der Waals surface area contributed by atoms with Gasteiger partial charge in [-0.15, -0.1) is 0 Å².